The first-order chi connectivity index (χ1) is 8.63. The van der Waals surface area contributed by atoms with Gasteiger partial charge in [0.1, 0.15) is 0 Å². The number of hydrogen-bond donors (Lipinski definition) is 1. The normalized spacial score (nSPS) is 20.5. The van der Waals surface area contributed by atoms with E-state index in [1.807, 2.05) is 0 Å². The fraction of sp³-hybridized carbons (Fsp3) is 1.00. The lowest BCUT2D eigenvalue weighted by Crippen LogP contribution is -2.42. The zero-order chi connectivity index (χ0) is 13.4. The average Bonchev–Trinajstić information content (AvgIpc) is 2.35. The Bertz CT molecular complexity index is 198. The standard InChI is InChI=1S/C15H33N3/c1-5-10-18-12-7-15(8-13-18)14(2)16-9-6-11-17(3)4/h14-16H,5-13H2,1-4H3. The molecule has 1 rings (SSSR count). The molecule has 0 bridgehead atoms. The monoisotopic (exact) mass is 255 g/mol. The van der Waals surface area contributed by atoms with Crippen molar-refractivity contribution in [1.82, 2.24) is 15.1 Å². The van der Waals surface area contributed by atoms with E-state index in [4.69, 9.17) is 0 Å². The minimum absolute atomic E-state index is 0.691. The molecular formula is C15H33N3. The Labute approximate surface area is 114 Å². The quantitative estimate of drug-likeness (QED) is 0.670. The summed E-state index contributed by atoms with van der Waals surface area (Å²) in [5, 5.41) is 3.71. The molecule has 1 unspecified atom stereocenters. The summed E-state index contributed by atoms with van der Waals surface area (Å²) in [5.41, 5.74) is 0. The van der Waals surface area contributed by atoms with Gasteiger partial charge in [-0.2, -0.15) is 0 Å². The topological polar surface area (TPSA) is 18.5 Å². The number of likely N-dealkylation sites (tertiary alicyclic amines) is 1. The minimum Gasteiger partial charge on any atom is -0.314 e. The first-order valence-electron chi connectivity index (χ1n) is 7.74. The van der Waals surface area contributed by atoms with Crippen LogP contribution in [-0.4, -0.2) is 62.7 Å². The molecule has 1 saturated heterocycles. The van der Waals surface area contributed by atoms with Crippen molar-refractivity contribution in [3.05, 3.63) is 0 Å². The van der Waals surface area contributed by atoms with Crippen LogP contribution in [-0.2, 0) is 0 Å². The highest BCUT2D eigenvalue weighted by atomic mass is 15.1. The minimum atomic E-state index is 0.691. The Hall–Kier alpha value is -0.120. The van der Waals surface area contributed by atoms with E-state index in [9.17, 15) is 0 Å². The van der Waals surface area contributed by atoms with Gasteiger partial charge in [0.25, 0.3) is 0 Å². The Morgan fingerprint density at radius 3 is 2.50 bits per heavy atom. The van der Waals surface area contributed by atoms with Crippen LogP contribution in [0.3, 0.4) is 0 Å². The van der Waals surface area contributed by atoms with Crippen LogP contribution in [0.1, 0.15) is 39.5 Å². The van der Waals surface area contributed by atoms with Crippen LogP contribution in [0.2, 0.25) is 0 Å². The summed E-state index contributed by atoms with van der Waals surface area (Å²) >= 11 is 0. The second kappa shape index (κ2) is 8.89. The van der Waals surface area contributed by atoms with Gasteiger partial charge in [0.15, 0.2) is 0 Å². The molecule has 0 saturated carbocycles. The van der Waals surface area contributed by atoms with E-state index in [1.165, 1.54) is 51.9 Å². The average molecular weight is 255 g/mol. The van der Waals surface area contributed by atoms with Crippen molar-refractivity contribution in [2.24, 2.45) is 5.92 Å². The summed E-state index contributed by atoms with van der Waals surface area (Å²) in [5.74, 6) is 0.887. The van der Waals surface area contributed by atoms with Crippen molar-refractivity contribution in [2.75, 3.05) is 46.8 Å². The van der Waals surface area contributed by atoms with Gasteiger partial charge in [-0.1, -0.05) is 6.92 Å². The maximum absolute atomic E-state index is 3.71. The van der Waals surface area contributed by atoms with Crippen molar-refractivity contribution in [3.63, 3.8) is 0 Å². The fourth-order valence-corrected chi connectivity index (χ4v) is 2.88. The molecule has 0 aliphatic carbocycles. The van der Waals surface area contributed by atoms with Crippen molar-refractivity contribution in [3.8, 4) is 0 Å². The Balaban J connectivity index is 2.10. The molecule has 3 heteroatoms. The molecule has 0 aromatic heterocycles. The van der Waals surface area contributed by atoms with Crippen LogP contribution in [0.15, 0.2) is 0 Å². The molecule has 18 heavy (non-hydrogen) atoms. The van der Waals surface area contributed by atoms with E-state index in [0.717, 1.165) is 12.5 Å². The number of piperidine rings is 1. The molecule has 0 spiro atoms. The highest BCUT2D eigenvalue weighted by Crippen LogP contribution is 2.20. The summed E-state index contributed by atoms with van der Waals surface area (Å²) in [6.45, 7) is 10.9. The molecule has 0 aromatic rings. The van der Waals surface area contributed by atoms with Crippen molar-refractivity contribution in [1.29, 1.82) is 0 Å². The van der Waals surface area contributed by atoms with E-state index < -0.39 is 0 Å². The van der Waals surface area contributed by atoms with Crippen molar-refractivity contribution < 1.29 is 0 Å². The molecule has 3 nitrogen and oxygen atoms in total. The van der Waals surface area contributed by atoms with Crippen LogP contribution in [0.4, 0.5) is 0 Å². The number of hydrogen-bond acceptors (Lipinski definition) is 3. The van der Waals surface area contributed by atoms with Crippen LogP contribution in [0, 0.1) is 5.92 Å². The summed E-state index contributed by atoms with van der Waals surface area (Å²) in [4.78, 5) is 4.88. The third kappa shape index (κ3) is 6.17. The molecule has 1 N–H and O–H groups in total. The summed E-state index contributed by atoms with van der Waals surface area (Å²) in [7, 11) is 4.29. The largest absolute Gasteiger partial charge is 0.314 e. The van der Waals surface area contributed by atoms with Gasteiger partial charge in [0.05, 0.1) is 0 Å². The van der Waals surface area contributed by atoms with Gasteiger partial charge in [-0.25, -0.2) is 0 Å². The Morgan fingerprint density at radius 2 is 1.94 bits per heavy atom. The smallest absolute Gasteiger partial charge is 0.00679 e. The van der Waals surface area contributed by atoms with Gasteiger partial charge < -0.3 is 15.1 Å². The SMILES string of the molecule is CCCN1CCC(C(C)NCCCN(C)C)CC1. The van der Waals surface area contributed by atoms with Gasteiger partial charge in [-0.3, -0.25) is 0 Å². The molecule has 108 valence electrons. The van der Waals surface area contributed by atoms with Crippen LogP contribution in [0.25, 0.3) is 0 Å². The van der Waals surface area contributed by atoms with Gasteiger partial charge >= 0.3 is 0 Å². The van der Waals surface area contributed by atoms with E-state index in [0.29, 0.717) is 6.04 Å². The van der Waals surface area contributed by atoms with Crippen molar-refractivity contribution >= 4 is 0 Å². The van der Waals surface area contributed by atoms with E-state index in [-0.39, 0.29) is 0 Å². The maximum Gasteiger partial charge on any atom is 0.00679 e. The highest BCUT2D eigenvalue weighted by Gasteiger charge is 2.22. The zero-order valence-corrected chi connectivity index (χ0v) is 12.9. The summed E-state index contributed by atoms with van der Waals surface area (Å²) < 4.78 is 0. The molecule has 1 fully saturated rings. The third-order valence-corrected chi connectivity index (χ3v) is 4.13. The number of rotatable bonds is 8. The second-order valence-electron chi connectivity index (χ2n) is 6.08. The summed E-state index contributed by atoms with van der Waals surface area (Å²) in [6.07, 6.45) is 5.30. The van der Waals surface area contributed by atoms with Gasteiger partial charge in [-0.05, 0) is 85.3 Å². The molecule has 1 aliphatic rings. The Kier molecular flexibility index (Phi) is 7.87. The molecule has 1 atom stereocenters. The lowest BCUT2D eigenvalue weighted by molar-refractivity contribution is 0.162. The van der Waals surface area contributed by atoms with Crippen LogP contribution >= 0.6 is 0 Å². The molecule has 0 amide bonds. The lowest BCUT2D eigenvalue weighted by Gasteiger charge is -2.35. The first kappa shape index (κ1) is 15.9. The fourth-order valence-electron chi connectivity index (χ4n) is 2.88. The lowest BCUT2D eigenvalue weighted by atomic mass is 9.90. The Morgan fingerprint density at radius 1 is 1.28 bits per heavy atom. The molecular weight excluding hydrogens is 222 g/mol. The highest BCUT2D eigenvalue weighted by molar-refractivity contribution is 4.79. The summed E-state index contributed by atoms with van der Waals surface area (Å²) in [6, 6.07) is 0.691. The third-order valence-electron chi connectivity index (χ3n) is 4.13. The van der Waals surface area contributed by atoms with E-state index in [1.54, 1.807) is 0 Å². The maximum atomic E-state index is 3.71. The van der Waals surface area contributed by atoms with E-state index in [2.05, 4.69) is 43.1 Å². The molecule has 0 radical (unpaired) electrons. The van der Waals surface area contributed by atoms with Gasteiger partial charge in [0.2, 0.25) is 0 Å². The zero-order valence-electron chi connectivity index (χ0n) is 12.9. The predicted molar refractivity (Wildman–Crippen MR) is 80.1 cm³/mol. The van der Waals surface area contributed by atoms with Gasteiger partial charge in [-0.15, -0.1) is 0 Å². The first-order valence-corrected chi connectivity index (χ1v) is 7.74. The van der Waals surface area contributed by atoms with Crippen LogP contribution in [0.5, 0.6) is 0 Å². The van der Waals surface area contributed by atoms with Crippen LogP contribution < -0.4 is 5.32 Å². The number of nitrogens with one attached hydrogen (secondary N) is 1. The molecule has 1 aliphatic heterocycles. The number of nitrogens with zero attached hydrogens (tertiary/aromatic N) is 2. The molecule has 1 heterocycles. The van der Waals surface area contributed by atoms with Gasteiger partial charge in [0, 0.05) is 6.04 Å². The molecule has 0 aromatic carbocycles. The van der Waals surface area contributed by atoms with E-state index >= 15 is 0 Å². The predicted octanol–water partition coefficient (Wildman–Crippen LogP) is 2.04. The second-order valence-corrected chi connectivity index (χ2v) is 6.08. The van der Waals surface area contributed by atoms with Crippen molar-refractivity contribution in [2.45, 2.75) is 45.6 Å².